The van der Waals surface area contributed by atoms with Crippen LogP contribution in [0.1, 0.15) is 27.0 Å². The molecule has 0 unspecified atom stereocenters. The van der Waals surface area contributed by atoms with Gasteiger partial charge in [0.1, 0.15) is 0 Å². The van der Waals surface area contributed by atoms with Gasteiger partial charge in [-0.1, -0.05) is 42.0 Å². The number of hydrogen-bond donors (Lipinski definition) is 3. The predicted octanol–water partition coefficient (Wildman–Crippen LogP) is 1.96. The molecule has 0 aliphatic carbocycles. The largest absolute Gasteiger partial charge is 0.366 e. The molecule has 0 spiro atoms. The van der Waals surface area contributed by atoms with Crippen molar-refractivity contribution in [3.63, 3.8) is 0 Å². The fourth-order valence-electron chi connectivity index (χ4n) is 2.25. The number of nitrogens with one attached hydrogen (secondary N) is 2. The van der Waals surface area contributed by atoms with E-state index in [0.717, 1.165) is 5.56 Å². The molecular formula is C18H22N4O. The molecule has 0 heterocycles. The monoisotopic (exact) mass is 310 g/mol. The van der Waals surface area contributed by atoms with Crippen molar-refractivity contribution in [3.05, 3.63) is 70.8 Å². The van der Waals surface area contributed by atoms with Gasteiger partial charge in [-0.2, -0.15) is 0 Å². The Bertz CT molecular complexity index is 710. The minimum Gasteiger partial charge on any atom is -0.366 e. The summed E-state index contributed by atoms with van der Waals surface area (Å²) in [4.78, 5) is 15.4. The average molecular weight is 310 g/mol. The molecule has 5 nitrogen and oxygen atoms in total. The third kappa shape index (κ3) is 5.14. The summed E-state index contributed by atoms with van der Waals surface area (Å²) >= 11 is 0. The van der Waals surface area contributed by atoms with Crippen LogP contribution >= 0.6 is 0 Å². The number of guanidine groups is 1. The smallest absolute Gasteiger partial charge is 0.248 e. The number of hydrogen-bond acceptors (Lipinski definition) is 2. The lowest BCUT2D eigenvalue weighted by Crippen LogP contribution is -2.36. The van der Waals surface area contributed by atoms with Gasteiger partial charge >= 0.3 is 0 Å². The molecule has 120 valence electrons. The van der Waals surface area contributed by atoms with Crippen LogP contribution in [0.2, 0.25) is 0 Å². The van der Waals surface area contributed by atoms with Gasteiger partial charge in [-0.25, -0.2) is 0 Å². The molecule has 4 N–H and O–H groups in total. The highest BCUT2D eigenvalue weighted by Gasteiger charge is 2.03. The topological polar surface area (TPSA) is 79.5 Å². The first-order valence-electron chi connectivity index (χ1n) is 7.47. The molecule has 0 fully saturated rings. The molecule has 0 aromatic heterocycles. The lowest BCUT2D eigenvalue weighted by molar-refractivity contribution is 0.1000. The van der Waals surface area contributed by atoms with Crippen molar-refractivity contribution in [1.29, 1.82) is 0 Å². The number of benzene rings is 2. The standard InChI is InChI=1S/C18H22N4O/c1-13-5-3-6-14(9-13)11-21-18(20-2)22-12-15-7-4-8-16(10-15)17(19)23/h3-10H,11-12H2,1-2H3,(H2,19,23)(H2,20,21,22). The maximum absolute atomic E-state index is 11.2. The van der Waals surface area contributed by atoms with E-state index in [1.807, 2.05) is 18.2 Å². The first-order valence-corrected chi connectivity index (χ1v) is 7.47. The van der Waals surface area contributed by atoms with E-state index in [1.165, 1.54) is 11.1 Å². The number of rotatable bonds is 5. The van der Waals surface area contributed by atoms with E-state index in [2.05, 4.69) is 40.7 Å². The summed E-state index contributed by atoms with van der Waals surface area (Å²) in [7, 11) is 1.73. The number of nitrogens with zero attached hydrogens (tertiary/aromatic N) is 1. The van der Waals surface area contributed by atoms with Gasteiger partial charge in [-0.15, -0.1) is 0 Å². The molecule has 1 amide bonds. The van der Waals surface area contributed by atoms with E-state index in [-0.39, 0.29) is 0 Å². The lowest BCUT2D eigenvalue weighted by atomic mass is 10.1. The number of carbonyl (C=O) groups excluding carboxylic acids is 1. The van der Waals surface area contributed by atoms with Gasteiger partial charge in [0.15, 0.2) is 5.96 Å². The number of aliphatic imine (C=N–C) groups is 1. The molecule has 0 saturated heterocycles. The summed E-state index contributed by atoms with van der Waals surface area (Å²) in [5.41, 5.74) is 9.20. The summed E-state index contributed by atoms with van der Waals surface area (Å²) in [6.45, 7) is 3.33. The van der Waals surface area contributed by atoms with Crippen LogP contribution in [0.4, 0.5) is 0 Å². The summed E-state index contributed by atoms with van der Waals surface area (Å²) in [5.74, 6) is 0.282. The molecule has 0 radical (unpaired) electrons. The fourth-order valence-corrected chi connectivity index (χ4v) is 2.25. The highest BCUT2D eigenvalue weighted by atomic mass is 16.1. The number of aryl methyl sites for hydroxylation is 1. The first-order chi connectivity index (χ1) is 11.1. The van der Waals surface area contributed by atoms with Crippen LogP contribution in [-0.4, -0.2) is 18.9 Å². The Hall–Kier alpha value is -2.82. The van der Waals surface area contributed by atoms with Crippen LogP contribution in [0, 0.1) is 6.92 Å². The first kappa shape index (κ1) is 16.5. The quantitative estimate of drug-likeness (QED) is 0.583. The molecule has 0 aliphatic rings. The van der Waals surface area contributed by atoms with Gasteiger partial charge in [0.25, 0.3) is 0 Å². The van der Waals surface area contributed by atoms with Crippen LogP contribution < -0.4 is 16.4 Å². The van der Waals surface area contributed by atoms with Gasteiger partial charge in [0.05, 0.1) is 0 Å². The van der Waals surface area contributed by atoms with Crippen LogP contribution in [0.5, 0.6) is 0 Å². The summed E-state index contributed by atoms with van der Waals surface area (Å²) in [6, 6.07) is 15.6. The number of amides is 1. The van der Waals surface area contributed by atoms with Gasteiger partial charge < -0.3 is 16.4 Å². The van der Waals surface area contributed by atoms with E-state index >= 15 is 0 Å². The van der Waals surface area contributed by atoms with Gasteiger partial charge in [0, 0.05) is 25.7 Å². The van der Waals surface area contributed by atoms with E-state index < -0.39 is 5.91 Å². The van der Waals surface area contributed by atoms with Crippen molar-refractivity contribution in [2.45, 2.75) is 20.0 Å². The molecule has 0 aliphatic heterocycles. The Balaban J connectivity index is 1.90. The third-order valence-corrected chi connectivity index (χ3v) is 3.44. The Morgan fingerprint density at radius 2 is 1.65 bits per heavy atom. The van der Waals surface area contributed by atoms with Crippen LogP contribution in [0.3, 0.4) is 0 Å². The van der Waals surface area contributed by atoms with Gasteiger partial charge in [0.2, 0.25) is 5.91 Å². The Morgan fingerprint density at radius 3 is 2.22 bits per heavy atom. The Kier molecular flexibility index (Phi) is 5.74. The molecule has 23 heavy (non-hydrogen) atoms. The average Bonchev–Trinajstić information content (AvgIpc) is 2.55. The highest BCUT2D eigenvalue weighted by Crippen LogP contribution is 2.05. The van der Waals surface area contributed by atoms with E-state index in [4.69, 9.17) is 5.73 Å². The molecule has 2 aromatic carbocycles. The van der Waals surface area contributed by atoms with Gasteiger partial charge in [-0.05, 0) is 30.2 Å². The Morgan fingerprint density at radius 1 is 1.04 bits per heavy atom. The second kappa shape index (κ2) is 7.98. The minimum atomic E-state index is -0.422. The number of primary amides is 1. The van der Waals surface area contributed by atoms with Crippen LogP contribution in [0.15, 0.2) is 53.5 Å². The second-order valence-corrected chi connectivity index (χ2v) is 5.33. The molecular weight excluding hydrogens is 288 g/mol. The predicted molar refractivity (Wildman–Crippen MR) is 93.2 cm³/mol. The fraction of sp³-hybridized carbons (Fsp3) is 0.222. The zero-order valence-electron chi connectivity index (χ0n) is 13.5. The van der Waals surface area contributed by atoms with Crippen molar-refractivity contribution in [3.8, 4) is 0 Å². The molecule has 2 rings (SSSR count). The maximum Gasteiger partial charge on any atom is 0.248 e. The summed E-state index contributed by atoms with van der Waals surface area (Å²) < 4.78 is 0. The maximum atomic E-state index is 11.2. The zero-order valence-corrected chi connectivity index (χ0v) is 13.5. The van der Waals surface area contributed by atoms with Gasteiger partial charge in [-0.3, -0.25) is 9.79 Å². The summed E-state index contributed by atoms with van der Waals surface area (Å²) in [5, 5.41) is 6.49. The van der Waals surface area contributed by atoms with Crippen molar-refractivity contribution in [2.24, 2.45) is 10.7 Å². The molecule has 0 atom stereocenters. The van der Waals surface area contributed by atoms with Crippen molar-refractivity contribution in [1.82, 2.24) is 10.6 Å². The Labute approximate surface area is 136 Å². The van der Waals surface area contributed by atoms with E-state index in [9.17, 15) is 4.79 Å². The summed E-state index contributed by atoms with van der Waals surface area (Å²) in [6.07, 6.45) is 0. The molecule has 0 bridgehead atoms. The van der Waals surface area contributed by atoms with Crippen LogP contribution in [0.25, 0.3) is 0 Å². The normalized spacial score (nSPS) is 11.1. The number of nitrogens with two attached hydrogens (primary N) is 1. The van der Waals surface area contributed by atoms with Crippen molar-refractivity contribution in [2.75, 3.05) is 7.05 Å². The minimum absolute atomic E-state index is 0.422. The third-order valence-electron chi connectivity index (χ3n) is 3.44. The zero-order chi connectivity index (χ0) is 16.7. The lowest BCUT2D eigenvalue weighted by Gasteiger charge is -2.12. The van der Waals surface area contributed by atoms with E-state index in [1.54, 1.807) is 19.2 Å². The van der Waals surface area contributed by atoms with Crippen molar-refractivity contribution >= 4 is 11.9 Å². The molecule has 2 aromatic rings. The van der Waals surface area contributed by atoms with Crippen molar-refractivity contribution < 1.29 is 4.79 Å². The SMILES string of the molecule is CN=C(NCc1cccc(C)c1)NCc1cccc(C(N)=O)c1. The number of carbonyl (C=O) groups is 1. The molecule has 0 saturated carbocycles. The molecule has 5 heteroatoms. The van der Waals surface area contributed by atoms with Crippen LogP contribution in [-0.2, 0) is 13.1 Å². The highest BCUT2D eigenvalue weighted by molar-refractivity contribution is 5.92. The van der Waals surface area contributed by atoms with E-state index in [0.29, 0.717) is 24.6 Å². The second-order valence-electron chi connectivity index (χ2n) is 5.33.